The maximum absolute atomic E-state index is 5.55. The van der Waals surface area contributed by atoms with E-state index in [1.54, 1.807) is 6.20 Å². The van der Waals surface area contributed by atoms with Gasteiger partial charge in [-0.1, -0.05) is 13.8 Å². The Labute approximate surface area is 118 Å². The summed E-state index contributed by atoms with van der Waals surface area (Å²) in [5.41, 5.74) is 3.46. The molecule has 2 aromatic rings. The van der Waals surface area contributed by atoms with Crippen molar-refractivity contribution in [1.82, 2.24) is 15.0 Å². The van der Waals surface area contributed by atoms with Crippen molar-refractivity contribution in [3.63, 3.8) is 0 Å². The average Bonchev–Trinajstić information content (AvgIpc) is 2.94. The van der Waals surface area contributed by atoms with Crippen LogP contribution in [-0.2, 0) is 19.4 Å². The minimum absolute atomic E-state index is 0.477. The van der Waals surface area contributed by atoms with Gasteiger partial charge in [0.05, 0.1) is 12.7 Å². The molecule has 2 rings (SSSR count). The van der Waals surface area contributed by atoms with Crippen LogP contribution in [0.5, 0.6) is 0 Å². The van der Waals surface area contributed by atoms with E-state index in [2.05, 4.69) is 25.7 Å². The van der Waals surface area contributed by atoms with Crippen molar-refractivity contribution >= 4 is 11.6 Å². The smallest absolute Gasteiger partial charge is 0.213 e. The molecular formula is C13H20N6O. The second kappa shape index (κ2) is 6.33. The molecule has 0 bridgehead atoms. The normalized spacial score (nSPS) is 10.6. The van der Waals surface area contributed by atoms with E-state index in [0.717, 1.165) is 35.8 Å². The summed E-state index contributed by atoms with van der Waals surface area (Å²) in [5, 5.41) is 3.21. The van der Waals surface area contributed by atoms with E-state index in [1.165, 1.54) is 0 Å². The van der Waals surface area contributed by atoms with Crippen LogP contribution in [0.2, 0.25) is 0 Å². The molecular weight excluding hydrogens is 256 g/mol. The molecule has 20 heavy (non-hydrogen) atoms. The lowest BCUT2D eigenvalue weighted by atomic mass is 10.3. The molecule has 0 fully saturated rings. The number of nitrogens with one attached hydrogen (secondary N) is 2. The van der Waals surface area contributed by atoms with Crippen LogP contribution < -0.4 is 16.6 Å². The summed E-state index contributed by atoms with van der Waals surface area (Å²) in [6, 6.07) is 0. The molecule has 0 saturated carbocycles. The number of rotatable bonds is 6. The first-order valence-electron chi connectivity index (χ1n) is 6.69. The summed E-state index contributed by atoms with van der Waals surface area (Å²) in [6.07, 6.45) is 3.32. The second-order valence-corrected chi connectivity index (χ2v) is 4.39. The Bertz CT molecular complexity index is 580. The molecule has 0 aliphatic carbocycles. The summed E-state index contributed by atoms with van der Waals surface area (Å²) >= 11 is 0. The van der Waals surface area contributed by atoms with Gasteiger partial charge >= 0.3 is 0 Å². The van der Waals surface area contributed by atoms with E-state index in [1.807, 2.05) is 20.8 Å². The first kappa shape index (κ1) is 14.3. The minimum atomic E-state index is 0.477. The lowest BCUT2D eigenvalue weighted by molar-refractivity contribution is 0.465. The predicted octanol–water partition coefficient (Wildman–Crippen LogP) is 1.80. The van der Waals surface area contributed by atoms with Crippen molar-refractivity contribution in [2.24, 2.45) is 5.84 Å². The number of aryl methyl sites for hydroxylation is 2. The molecule has 0 spiro atoms. The van der Waals surface area contributed by atoms with Gasteiger partial charge in [0.15, 0.2) is 0 Å². The zero-order valence-electron chi connectivity index (χ0n) is 12.0. The fourth-order valence-electron chi connectivity index (χ4n) is 1.79. The molecule has 2 aromatic heterocycles. The molecule has 0 aliphatic rings. The van der Waals surface area contributed by atoms with Crippen molar-refractivity contribution in [3.05, 3.63) is 29.2 Å². The molecule has 4 N–H and O–H groups in total. The van der Waals surface area contributed by atoms with Gasteiger partial charge in [0.25, 0.3) is 0 Å². The number of oxazole rings is 1. The van der Waals surface area contributed by atoms with Crippen molar-refractivity contribution in [2.45, 2.75) is 40.2 Å². The Morgan fingerprint density at radius 2 is 1.95 bits per heavy atom. The maximum Gasteiger partial charge on any atom is 0.213 e. The van der Waals surface area contributed by atoms with Crippen molar-refractivity contribution in [2.75, 3.05) is 10.7 Å². The number of nitrogens with zero attached hydrogens (tertiary/aromatic N) is 3. The lowest BCUT2D eigenvalue weighted by Gasteiger charge is -2.12. The largest absolute Gasteiger partial charge is 0.444 e. The quantitative estimate of drug-likeness (QED) is 0.546. The van der Waals surface area contributed by atoms with Crippen molar-refractivity contribution < 1.29 is 4.42 Å². The lowest BCUT2D eigenvalue weighted by Crippen LogP contribution is -2.14. The number of hydrazine groups is 1. The Kier molecular flexibility index (Phi) is 4.52. The molecule has 0 saturated heterocycles. The van der Waals surface area contributed by atoms with Gasteiger partial charge in [-0.15, -0.1) is 0 Å². The third-order valence-electron chi connectivity index (χ3n) is 3.00. The summed E-state index contributed by atoms with van der Waals surface area (Å²) < 4.78 is 5.55. The van der Waals surface area contributed by atoms with Crippen LogP contribution in [0.25, 0.3) is 0 Å². The predicted molar refractivity (Wildman–Crippen MR) is 77.2 cm³/mol. The van der Waals surface area contributed by atoms with Crippen LogP contribution >= 0.6 is 0 Å². The molecule has 0 aliphatic heterocycles. The van der Waals surface area contributed by atoms with Crippen LogP contribution in [0.1, 0.15) is 36.9 Å². The molecule has 0 amide bonds. The second-order valence-electron chi connectivity index (χ2n) is 4.39. The van der Waals surface area contributed by atoms with Crippen LogP contribution in [0, 0.1) is 6.92 Å². The SMILES string of the molecule is CCc1nc(NN)c(C)c(NCc2ncc(CC)o2)n1. The molecule has 0 aromatic carbocycles. The minimum Gasteiger partial charge on any atom is -0.444 e. The number of hydrogen-bond donors (Lipinski definition) is 3. The third-order valence-corrected chi connectivity index (χ3v) is 3.00. The Morgan fingerprint density at radius 1 is 1.20 bits per heavy atom. The van der Waals surface area contributed by atoms with Gasteiger partial charge in [-0.3, -0.25) is 0 Å². The maximum atomic E-state index is 5.55. The van der Waals surface area contributed by atoms with E-state index in [4.69, 9.17) is 10.3 Å². The fraction of sp³-hybridized carbons (Fsp3) is 0.462. The zero-order chi connectivity index (χ0) is 14.5. The van der Waals surface area contributed by atoms with Crippen LogP contribution in [-0.4, -0.2) is 15.0 Å². The van der Waals surface area contributed by atoms with Crippen molar-refractivity contribution in [3.8, 4) is 0 Å². The van der Waals surface area contributed by atoms with Gasteiger partial charge < -0.3 is 15.2 Å². The summed E-state index contributed by atoms with van der Waals surface area (Å²) in [6.45, 7) is 6.41. The Balaban J connectivity index is 2.15. The number of hydrogen-bond acceptors (Lipinski definition) is 7. The van der Waals surface area contributed by atoms with Crippen LogP contribution in [0.4, 0.5) is 11.6 Å². The first-order valence-corrected chi connectivity index (χ1v) is 6.69. The monoisotopic (exact) mass is 276 g/mol. The number of nitrogen functional groups attached to an aromatic ring is 1. The third kappa shape index (κ3) is 3.05. The van der Waals surface area contributed by atoms with Gasteiger partial charge in [-0.05, 0) is 6.92 Å². The van der Waals surface area contributed by atoms with Crippen LogP contribution in [0.3, 0.4) is 0 Å². The topological polar surface area (TPSA) is 102 Å². The number of anilines is 2. The molecule has 0 atom stereocenters. The molecule has 2 heterocycles. The van der Waals surface area contributed by atoms with E-state index in [9.17, 15) is 0 Å². The average molecular weight is 276 g/mol. The van der Waals surface area contributed by atoms with Crippen molar-refractivity contribution in [1.29, 1.82) is 0 Å². The van der Waals surface area contributed by atoms with Gasteiger partial charge in [0.2, 0.25) is 5.89 Å². The van der Waals surface area contributed by atoms with E-state index >= 15 is 0 Å². The van der Waals surface area contributed by atoms with Gasteiger partial charge in [0.1, 0.15) is 23.2 Å². The molecule has 108 valence electrons. The molecule has 0 unspecified atom stereocenters. The van der Waals surface area contributed by atoms with E-state index in [0.29, 0.717) is 18.3 Å². The standard InChI is InChI=1S/C13H20N6O/c1-4-9-6-15-11(20-9)7-16-12-8(3)13(19-14)18-10(5-2)17-12/h6H,4-5,7,14H2,1-3H3,(H2,16,17,18,19). The Morgan fingerprint density at radius 3 is 2.55 bits per heavy atom. The zero-order valence-corrected chi connectivity index (χ0v) is 12.0. The number of aromatic nitrogens is 3. The summed E-state index contributed by atoms with van der Waals surface area (Å²) in [4.78, 5) is 13.0. The first-order chi connectivity index (χ1) is 9.67. The Hall–Kier alpha value is -2.15. The molecule has 0 radical (unpaired) electrons. The van der Waals surface area contributed by atoms with Crippen LogP contribution in [0.15, 0.2) is 10.6 Å². The number of nitrogens with two attached hydrogens (primary N) is 1. The highest BCUT2D eigenvalue weighted by molar-refractivity contribution is 5.56. The summed E-state index contributed by atoms with van der Waals surface area (Å²) in [7, 11) is 0. The van der Waals surface area contributed by atoms with E-state index < -0.39 is 0 Å². The molecule has 7 nitrogen and oxygen atoms in total. The summed E-state index contributed by atoms with van der Waals surface area (Å²) in [5.74, 6) is 9.08. The highest BCUT2D eigenvalue weighted by Crippen LogP contribution is 2.20. The molecule has 7 heteroatoms. The highest BCUT2D eigenvalue weighted by atomic mass is 16.4. The fourth-order valence-corrected chi connectivity index (χ4v) is 1.79. The van der Waals surface area contributed by atoms with Gasteiger partial charge in [0, 0.05) is 18.4 Å². The van der Waals surface area contributed by atoms with Gasteiger partial charge in [-0.25, -0.2) is 20.8 Å². The van der Waals surface area contributed by atoms with E-state index in [-0.39, 0.29) is 0 Å². The van der Waals surface area contributed by atoms with Gasteiger partial charge in [-0.2, -0.15) is 0 Å². The highest BCUT2D eigenvalue weighted by Gasteiger charge is 2.10.